The van der Waals surface area contributed by atoms with Crippen molar-refractivity contribution in [3.8, 4) is 0 Å². The van der Waals surface area contributed by atoms with Crippen molar-refractivity contribution in [3.05, 3.63) is 5.28 Å². The van der Waals surface area contributed by atoms with Gasteiger partial charge in [-0.05, 0) is 62.0 Å². The van der Waals surface area contributed by atoms with Crippen molar-refractivity contribution in [3.63, 3.8) is 0 Å². The molecule has 0 saturated heterocycles. The number of ether oxygens (including phenoxy) is 2. The lowest BCUT2D eigenvalue weighted by molar-refractivity contribution is 0.0907. The second-order valence-corrected chi connectivity index (χ2v) is 17.7. The molecule has 336 valence electrons. The van der Waals surface area contributed by atoms with Crippen LogP contribution in [-0.4, -0.2) is 54.5 Å². The molecule has 0 saturated carbocycles. The summed E-state index contributed by atoms with van der Waals surface area (Å²) in [7, 11) is 0. The van der Waals surface area contributed by atoms with Gasteiger partial charge in [0.25, 0.3) is 0 Å². The fourth-order valence-electron chi connectivity index (χ4n) is 7.94. The lowest BCUT2D eigenvalue weighted by Crippen LogP contribution is -2.15. The fourth-order valence-corrected chi connectivity index (χ4v) is 8.10. The van der Waals surface area contributed by atoms with Crippen molar-refractivity contribution in [2.24, 2.45) is 11.8 Å². The number of rotatable bonds is 46. The molecule has 1 heterocycles. The average molecular weight is 823 g/mol. The van der Waals surface area contributed by atoms with Gasteiger partial charge in [0.2, 0.25) is 17.2 Å². The second-order valence-electron chi connectivity index (χ2n) is 17.3. The van der Waals surface area contributed by atoms with Gasteiger partial charge in [0.15, 0.2) is 0 Å². The van der Waals surface area contributed by atoms with E-state index in [0.29, 0.717) is 23.7 Å². The van der Waals surface area contributed by atoms with E-state index in [9.17, 15) is 0 Å². The molecule has 1 rings (SSSR count). The summed E-state index contributed by atoms with van der Waals surface area (Å²) in [6, 6.07) is 0. The molecule has 0 aromatic carbocycles. The second kappa shape index (κ2) is 42.9. The van der Waals surface area contributed by atoms with E-state index < -0.39 is 0 Å². The number of anilines is 2. The molecule has 0 aliphatic heterocycles. The number of halogens is 1. The normalized spacial score (nSPS) is 12.6. The van der Waals surface area contributed by atoms with Crippen LogP contribution in [0.25, 0.3) is 0 Å². The molecule has 0 spiro atoms. The molecule has 0 aliphatic carbocycles. The van der Waals surface area contributed by atoms with Gasteiger partial charge in [0.05, 0.1) is 0 Å². The van der Waals surface area contributed by atoms with Crippen LogP contribution in [0.4, 0.5) is 11.9 Å². The highest BCUT2D eigenvalue weighted by Gasteiger charge is 2.11. The van der Waals surface area contributed by atoms with Crippen LogP contribution in [0.2, 0.25) is 5.28 Å². The van der Waals surface area contributed by atoms with Crippen LogP contribution in [0.3, 0.4) is 0 Å². The summed E-state index contributed by atoms with van der Waals surface area (Å²) >= 11 is 6.29. The Morgan fingerprint density at radius 2 is 0.667 bits per heavy atom. The first-order valence-electron chi connectivity index (χ1n) is 25.2. The maximum Gasteiger partial charge on any atom is 0.228 e. The van der Waals surface area contributed by atoms with Gasteiger partial charge in [-0.2, -0.15) is 15.0 Å². The Morgan fingerprint density at radius 3 is 0.965 bits per heavy atom. The zero-order chi connectivity index (χ0) is 41.1. The molecule has 0 fully saturated rings. The van der Waals surface area contributed by atoms with E-state index in [0.717, 1.165) is 52.4 Å². The van der Waals surface area contributed by atoms with E-state index in [-0.39, 0.29) is 5.28 Å². The number of hydrogen-bond acceptors (Lipinski definition) is 7. The highest BCUT2D eigenvalue weighted by Crippen LogP contribution is 2.22. The van der Waals surface area contributed by atoms with Crippen molar-refractivity contribution < 1.29 is 9.47 Å². The first-order chi connectivity index (χ1) is 28.1. The fraction of sp³-hybridized carbons (Fsp3) is 0.939. The van der Waals surface area contributed by atoms with Crippen molar-refractivity contribution in [2.45, 2.75) is 246 Å². The lowest BCUT2D eigenvalue weighted by Gasteiger charge is -2.17. The Hall–Kier alpha value is -1.18. The van der Waals surface area contributed by atoms with Gasteiger partial charge in [-0.15, -0.1) is 0 Å². The average Bonchev–Trinajstić information content (AvgIpc) is 3.21. The highest BCUT2D eigenvalue weighted by molar-refractivity contribution is 6.28. The number of nitrogens with one attached hydrogen (secondary N) is 2. The van der Waals surface area contributed by atoms with Gasteiger partial charge in [0.1, 0.15) is 0 Å². The highest BCUT2D eigenvalue weighted by atomic mass is 35.5. The molecule has 0 bridgehead atoms. The molecular weight excluding hydrogens is 726 g/mol. The largest absolute Gasteiger partial charge is 0.381 e. The Labute approximate surface area is 360 Å². The third-order valence-electron chi connectivity index (χ3n) is 11.7. The van der Waals surface area contributed by atoms with Gasteiger partial charge >= 0.3 is 0 Å². The van der Waals surface area contributed by atoms with Crippen molar-refractivity contribution in [2.75, 3.05) is 50.2 Å². The molecule has 2 N–H and O–H groups in total. The maximum atomic E-state index is 6.29. The predicted molar refractivity (Wildman–Crippen MR) is 250 cm³/mol. The SMILES string of the molecule is CCCCCCCCCCC(CCCCCCCC)COCCCNc1nc(Cl)nc(NCCCOCC(CCCCCCCC)CCCCCCCCCC)n1. The van der Waals surface area contributed by atoms with Crippen LogP contribution >= 0.6 is 11.6 Å². The molecule has 0 amide bonds. The van der Waals surface area contributed by atoms with Crippen LogP contribution in [0.15, 0.2) is 0 Å². The van der Waals surface area contributed by atoms with Crippen LogP contribution in [0, 0.1) is 11.8 Å². The van der Waals surface area contributed by atoms with E-state index in [1.54, 1.807) is 0 Å². The minimum atomic E-state index is 0.208. The molecular formula is C49H96ClN5O2. The molecule has 2 atom stereocenters. The Balaban J connectivity index is 2.34. The van der Waals surface area contributed by atoms with Crippen LogP contribution < -0.4 is 10.6 Å². The predicted octanol–water partition coefficient (Wildman–Crippen LogP) is 16.0. The summed E-state index contributed by atoms with van der Waals surface area (Å²) < 4.78 is 12.5. The third-order valence-corrected chi connectivity index (χ3v) is 11.8. The summed E-state index contributed by atoms with van der Waals surface area (Å²) in [4.78, 5) is 13.2. The summed E-state index contributed by atoms with van der Waals surface area (Å²) in [5.74, 6) is 2.42. The van der Waals surface area contributed by atoms with E-state index in [4.69, 9.17) is 21.1 Å². The number of nitrogens with zero attached hydrogens (tertiary/aromatic N) is 3. The van der Waals surface area contributed by atoms with Crippen molar-refractivity contribution in [1.29, 1.82) is 0 Å². The number of aromatic nitrogens is 3. The van der Waals surface area contributed by atoms with E-state index >= 15 is 0 Å². The first kappa shape index (κ1) is 53.8. The van der Waals surface area contributed by atoms with E-state index in [1.807, 2.05) is 0 Å². The van der Waals surface area contributed by atoms with Gasteiger partial charge in [-0.3, -0.25) is 0 Å². The zero-order valence-corrected chi connectivity index (χ0v) is 39.2. The first-order valence-corrected chi connectivity index (χ1v) is 25.5. The molecule has 0 aliphatic rings. The number of unbranched alkanes of at least 4 members (excludes halogenated alkanes) is 24. The molecule has 7 nitrogen and oxygen atoms in total. The molecule has 8 heteroatoms. The number of hydrogen-bond donors (Lipinski definition) is 2. The lowest BCUT2D eigenvalue weighted by atomic mass is 9.94. The molecule has 2 unspecified atom stereocenters. The van der Waals surface area contributed by atoms with E-state index in [2.05, 4.69) is 53.3 Å². The van der Waals surface area contributed by atoms with Gasteiger partial charge in [-0.1, -0.05) is 207 Å². The van der Waals surface area contributed by atoms with Crippen LogP contribution in [0.1, 0.15) is 246 Å². The zero-order valence-electron chi connectivity index (χ0n) is 38.5. The van der Waals surface area contributed by atoms with Crippen molar-refractivity contribution in [1.82, 2.24) is 15.0 Å². The van der Waals surface area contributed by atoms with Gasteiger partial charge < -0.3 is 20.1 Å². The van der Waals surface area contributed by atoms with Crippen LogP contribution in [0.5, 0.6) is 0 Å². The van der Waals surface area contributed by atoms with E-state index in [1.165, 1.54) is 205 Å². The smallest absolute Gasteiger partial charge is 0.228 e. The molecule has 57 heavy (non-hydrogen) atoms. The monoisotopic (exact) mass is 822 g/mol. The molecule has 1 aromatic rings. The Kier molecular flexibility index (Phi) is 40.5. The van der Waals surface area contributed by atoms with Gasteiger partial charge in [0, 0.05) is 39.5 Å². The minimum Gasteiger partial charge on any atom is -0.381 e. The summed E-state index contributed by atoms with van der Waals surface area (Å²) in [6.45, 7) is 13.9. The third kappa shape index (κ3) is 36.4. The van der Waals surface area contributed by atoms with Crippen LogP contribution in [-0.2, 0) is 9.47 Å². The topological polar surface area (TPSA) is 81.2 Å². The summed E-state index contributed by atoms with van der Waals surface area (Å²) in [6.07, 6.45) is 45.6. The minimum absolute atomic E-state index is 0.208. The van der Waals surface area contributed by atoms with Gasteiger partial charge in [-0.25, -0.2) is 0 Å². The quantitative estimate of drug-likeness (QED) is 0.0634. The Morgan fingerprint density at radius 1 is 0.386 bits per heavy atom. The van der Waals surface area contributed by atoms with Crippen molar-refractivity contribution >= 4 is 23.5 Å². The molecule has 0 radical (unpaired) electrons. The molecule has 1 aromatic heterocycles. The summed E-state index contributed by atoms with van der Waals surface area (Å²) in [5, 5.41) is 6.88. The Bertz CT molecular complexity index is 886. The maximum absolute atomic E-state index is 6.29. The summed E-state index contributed by atoms with van der Waals surface area (Å²) in [5.41, 5.74) is 0. The standard InChI is InChI=1S/C49H96ClN5O2/c1-5-9-13-17-21-23-27-31-37-45(35-29-25-19-15-11-7-3)43-56-41-33-39-51-48-53-47(50)54-49(55-48)52-40-34-42-57-44-46(36-30-26-20-16-12-8-4)38-32-28-24-22-18-14-10-6-2/h45-46H,5-44H2,1-4H3,(H2,51,52,53,54,55).